The Morgan fingerprint density at radius 3 is 2.56 bits per heavy atom. The molecule has 4 heterocycles. The van der Waals surface area contributed by atoms with Gasteiger partial charge < -0.3 is 13.8 Å². The van der Waals surface area contributed by atoms with Gasteiger partial charge in [0.05, 0.1) is 11.8 Å². The minimum atomic E-state index is -0.0684. The summed E-state index contributed by atoms with van der Waals surface area (Å²) in [5.41, 5.74) is 2.51. The van der Waals surface area contributed by atoms with Crippen LogP contribution in [0.2, 0.25) is 5.15 Å². The predicted molar refractivity (Wildman–Crippen MR) is 118 cm³/mol. The summed E-state index contributed by atoms with van der Waals surface area (Å²) >= 11 is 6.07. The van der Waals surface area contributed by atoms with Gasteiger partial charge in [0.25, 0.3) is 11.8 Å². The van der Waals surface area contributed by atoms with Crippen LogP contribution < -0.4 is 0 Å². The second kappa shape index (κ2) is 8.94. The van der Waals surface area contributed by atoms with Crippen LogP contribution in [0.1, 0.15) is 15.9 Å². The van der Waals surface area contributed by atoms with Gasteiger partial charge in [0, 0.05) is 44.5 Å². The molecule has 0 bridgehead atoms. The van der Waals surface area contributed by atoms with Crippen LogP contribution in [0.5, 0.6) is 0 Å². The molecule has 162 valence electrons. The number of benzene rings is 1. The van der Waals surface area contributed by atoms with Crippen LogP contribution in [0.4, 0.5) is 0 Å². The largest absolute Gasteiger partial charge is 0.459 e. The molecule has 1 aromatic carbocycles. The molecule has 0 aliphatic carbocycles. The first-order valence-corrected chi connectivity index (χ1v) is 10.6. The Hall–Kier alpha value is -3.49. The standard InChI is InChI=1S/C23H20ClN5O3/c24-20-18(3-1-9-25-20)23(30)29-12-10-28(11-13-29)15-16-5-7-17(8-6-16)21-26-22(32-27-21)19-4-2-14-31-19/h1-9,14H,10-13,15H2. The number of pyridine rings is 1. The first-order valence-electron chi connectivity index (χ1n) is 10.3. The van der Waals surface area contributed by atoms with E-state index in [1.165, 1.54) is 5.56 Å². The van der Waals surface area contributed by atoms with Crippen molar-refractivity contribution in [1.82, 2.24) is 24.9 Å². The number of hydrogen-bond donors (Lipinski definition) is 0. The second-order valence-electron chi connectivity index (χ2n) is 7.51. The average Bonchev–Trinajstić information content (AvgIpc) is 3.52. The molecule has 1 amide bonds. The quantitative estimate of drug-likeness (QED) is 0.425. The van der Waals surface area contributed by atoms with E-state index in [1.54, 1.807) is 36.7 Å². The number of aromatic nitrogens is 3. The van der Waals surface area contributed by atoms with Crippen LogP contribution in [0, 0.1) is 0 Å². The maximum atomic E-state index is 12.7. The van der Waals surface area contributed by atoms with Gasteiger partial charge in [-0.2, -0.15) is 4.98 Å². The van der Waals surface area contributed by atoms with Crippen LogP contribution in [-0.2, 0) is 6.54 Å². The van der Waals surface area contributed by atoms with Crippen LogP contribution in [0.15, 0.2) is 69.9 Å². The molecule has 1 aliphatic heterocycles. The molecule has 0 radical (unpaired) electrons. The summed E-state index contributed by atoms with van der Waals surface area (Å²) < 4.78 is 10.6. The van der Waals surface area contributed by atoms with E-state index < -0.39 is 0 Å². The van der Waals surface area contributed by atoms with Gasteiger partial charge in [-0.25, -0.2) is 4.98 Å². The maximum absolute atomic E-state index is 12.7. The van der Waals surface area contributed by atoms with Gasteiger partial charge in [0.1, 0.15) is 5.15 Å². The minimum Gasteiger partial charge on any atom is -0.459 e. The fraction of sp³-hybridized carbons (Fsp3) is 0.217. The number of furan rings is 1. The second-order valence-corrected chi connectivity index (χ2v) is 7.87. The summed E-state index contributed by atoms with van der Waals surface area (Å²) in [4.78, 5) is 25.2. The lowest BCUT2D eigenvalue weighted by atomic mass is 10.1. The van der Waals surface area contributed by atoms with Gasteiger partial charge in [-0.3, -0.25) is 9.69 Å². The third kappa shape index (κ3) is 4.28. The first kappa shape index (κ1) is 20.4. The molecular formula is C23H20ClN5O3. The number of amides is 1. The van der Waals surface area contributed by atoms with Crippen LogP contribution in [-0.4, -0.2) is 57.0 Å². The highest BCUT2D eigenvalue weighted by Gasteiger charge is 2.24. The number of carbonyl (C=O) groups excluding carboxylic acids is 1. The molecule has 9 heteroatoms. The van der Waals surface area contributed by atoms with Crippen molar-refractivity contribution in [3.8, 4) is 23.0 Å². The Balaban J connectivity index is 1.17. The maximum Gasteiger partial charge on any atom is 0.293 e. The van der Waals surface area contributed by atoms with Crippen molar-refractivity contribution in [2.24, 2.45) is 0 Å². The van der Waals surface area contributed by atoms with Crippen LogP contribution in [0.25, 0.3) is 23.0 Å². The summed E-state index contributed by atoms with van der Waals surface area (Å²) in [5.74, 6) is 1.35. The van der Waals surface area contributed by atoms with E-state index >= 15 is 0 Å². The van der Waals surface area contributed by atoms with Crippen molar-refractivity contribution in [2.75, 3.05) is 26.2 Å². The molecule has 1 fully saturated rings. The van der Waals surface area contributed by atoms with Crippen molar-refractivity contribution in [1.29, 1.82) is 0 Å². The average molecular weight is 450 g/mol. The van der Waals surface area contributed by atoms with E-state index in [0.29, 0.717) is 36.1 Å². The van der Waals surface area contributed by atoms with Gasteiger partial charge in [-0.15, -0.1) is 0 Å². The number of piperazine rings is 1. The van der Waals surface area contributed by atoms with Gasteiger partial charge in [0.2, 0.25) is 5.82 Å². The van der Waals surface area contributed by atoms with E-state index in [9.17, 15) is 4.79 Å². The lowest BCUT2D eigenvalue weighted by Gasteiger charge is -2.34. The van der Waals surface area contributed by atoms with Crippen molar-refractivity contribution in [3.63, 3.8) is 0 Å². The van der Waals surface area contributed by atoms with Crippen molar-refractivity contribution < 1.29 is 13.7 Å². The topological polar surface area (TPSA) is 88.5 Å². The van der Waals surface area contributed by atoms with E-state index in [4.69, 9.17) is 20.5 Å². The monoisotopic (exact) mass is 449 g/mol. The van der Waals surface area contributed by atoms with Crippen LogP contribution in [0.3, 0.4) is 0 Å². The Kier molecular flexibility index (Phi) is 5.70. The normalized spacial score (nSPS) is 14.6. The highest BCUT2D eigenvalue weighted by molar-refractivity contribution is 6.32. The molecule has 8 nitrogen and oxygen atoms in total. The minimum absolute atomic E-state index is 0.0684. The fourth-order valence-corrected chi connectivity index (χ4v) is 3.88. The highest BCUT2D eigenvalue weighted by Crippen LogP contribution is 2.23. The van der Waals surface area contributed by atoms with Gasteiger partial charge >= 0.3 is 0 Å². The predicted octanol–water partition coefficient (Wildman–Crippen LogP) is 4.00. The number of rotatable bonds is 5. The molecular weight excluding hydrogens is 430 g/mol. The Bertz CT molecular complexity index is 1200. The summed E-state index contributed by atoms with van der Waals surface area (Å²) in [5, 5.41) is 4.28. The molecule has 4 aromatic rings. The third-order valence-corrected chi connectivity index (χ3v) is 5.73. The Morgan fingerprint density at radius 2 is 1.84 bits per heavy atom. The summed E-state index contributed by atoms with van der Waals surface area (Å²) in [6.07, 6.45) is 3.15. The molecule has 3 aromatic heterocycles. The molecule has 0 unspecified atom stereocenters. The van der Waals surface area contributed by atoms with E-state index in [2.05, 4.69) is 32.2 Å². The summed E-state index contributed by atoms with van der Waals surface area (Å²) in [6.45, 7) is 3.70. The molecule has 0 spiro atoms. The third-order valence-electron chi connectivity index (χ3n) is 5.43. The fourth-order valence-electron chi connectivity index (χ4n) is 3.68. The zero-order valence-corrected chi connectivity index (χ0v) is 17.9. The van der Waals surface area contributed by atoms with Crippen molar-refractivity contribution >= 4 is 17.5 Å². The number of nitrogens with zero attached hydrogens (tertiary/aromatic N) is 5. The molecule has 0 N–H and O–H groups in total. The summed E-state index contributed by atoms with van der Waals surface area (Å²) in [7, 11) is 0. The van der Waals surface area contributed by atoms with Crippen molar-refractivity contribution in [3.05, 3.63) is 77.3 Å². The zero-order chi connectivity index (χ0) is 21.9. The van der Waals surface area contributed by atoms with Gasteiger partial charge in [-0.05, 0) is 29.8 Å². The Labute approximate surface area is 189 Å². The number of carbonyl (C=O) groups is 1. The van der Waals surface area contributed by atoms with Crippen LogP contribution >= 0.6 is 11.6 Å². The van der Waals surface area contributed by atoms with E-state index in [1.807, 2.05) is 17.0 Å². The molecule has 1 saturated heterocycles. The molecule has 5 rings (SSSR count). The smallest absolute Gasteiger partial charge is 0.293 e. The molecule has 0 saturated carbocycles. The first-order chi connectivity index (χ1) is 15.7. The van der Waals surface area contributed by atoms with Gasteiger partial charge in [-0.1, -0.05) is 41.0 Å². The molecule has 0 atom stereocenters. The van der Waals surface area contributed by atoms with E-state index in [0.717, 1.165) is 25.2 Å². The van der Waals surface area contributed by atoms with Crippen molar-refractivity contribution in [2.45, 2.75) is 6.54 Å². The number of halogens is 1. The van der Waals surface area contributed by atoms with Gasteiger partial charge in [0.15, 0.2) is 5.76 Å². The Morgan fingerprint density at radius 1 is 1.03 bits per heavy atom. The SMILES string of the molecule is O=C(c1cccnc1Cl)N1CCN(Cc2ccc(-c3noc(-c4ccco4)n3)cc2)CC1. The zero-order valence-electron chi connectivity index (χ0n) is 17.1. The lowest BCUT2D eigenvalue weighted by molar-refractivity contribution is 0.0628. The van der Waals surface area contributed by atoms with E-state index in [-0.39, 0.29) is 11.1 Å². The molecule has 32 heavy (non-hydrogen) atoms. The lowest BCUT2D eigenvalue weighted by Crippen LogP contribution is -2.48. The summed E-state index contributed by atoms with van der Waals surface area (Å²) in [6, 6.07) is 15.1. The highest BCUT2D eigenvalue weighted by atomic mass is 35.5. The number of hydrogen-bond acceptors (Lipinski definition) is 7. The molecule has 1 aliphatic rings.